The molecule has 1 saturated heterocycles. The highest BCUT2D eigenvalue weighted by Gasteiger charge is 2.18. The van der Waals surface area contributed by atoms with Gasteiger partial charge in [0.05, 0.1) is 18.8 Å². The minimum Gasteiger partial charge on any atom is -0.301 e. The van der Waals surface area contributed by atoms with Crippen molar-refractivity contribution in [1.29, 1.82) is 5.26 Å². The zero-order chi connectivity index (χ0) is 11.4. The third-order valence-electron chi connectivity index (χ3n) is 3.18. The molecule has 1 aromatic rings. The topological polar surface area (TPSA) is 44.9 Å². The highest BCUT2D eigenvalue weighted by Crippen LogP contribution is 2.15. The summed E-state index contributed by atoms with van der Waals surface area (Å²) in [4.78, 5) is 2.42. The molecule has 1 aromatic heterocycles. The van der Waals surface area contributed by atoms with Crippen molar-refractivity contribution in [1.82, 2.24) is 14.7 Å². The minimum atomic E-state index is 0.281. The van der Waals surface area contributed by atoms with Gasteiger partial charge in [-0.1, -0.05) is 0 Å². The molecule has 0 radical (unpaired) electrons. The molecule has 1 aliphatic rings. The Bertz CT molecular complexity index is 369. The molecule has 0 unspecified atom stereocenters. The van der Waals surface area contributed by atoms with Crippen LogP contribution in [0.2, 0.25) is 0 Å². The number of nitriles is 1. The van der Waals surface area contributed by atoms with Crippen molar-refractivity contribution < 1.29 is 0 Å². The van der Waals surface area contributed by atoms with E-state index in [-0.39, 0.29) is 5.92 Å². The lowest BCUT2D eigenvalue weighted by Gasteiger charge is -2.28. The van der Waals surface area contributed by atoms with Gasteiger partial charge >= 0.3 is 0 Å². The second kappa shape index (κ2) is 5.13. The zero-order valence-electron chi connectivity index (χ0n) is 9.76. The van der Waals surface area contributed by atoms with Crippen LogP contribution in [0.4, 0.5) is 0 Å². The monoisotopic (exact) mass is 218 g/mol. The first-order valence-corrected chi connectivity index (χ1v) is 5.89. The molecule has 0 aliphatic carbocycles. The van der Waals surface area contributed by atoms with Gasteiger partial charge in [0.25, 0.3) is 0 Å². The second-order valence-electron chi connectivity index (χ2n) is 4.53. The van der Waals surface area contributed by atoms with Gasteiger partial charge in [0.2, 0.25) is 0 Å². The van der Waals surface area contributed by atoms with E-state index in [0.29, 0.717) is 0 Å². The first-order valence-electron chi connectivity index (χ1n) is 5.89. The third-order valence-corrected chi connectivity index (χ3v) is 3.18. The summed E-state index contributed by atoms with van der Waals surface area (Å²) < 4.78 is 1.99. The van der Waals surface area contributed by atoms with Crippen LogP contribution in [0, 0.1) is 24.2 Å². The van der Waals surface area contributed by atoms with Gasteiger partial charge in [-0.25, -0.2) is 0 Å². The standard InChI is InChI=1S/C12H18N4/c1-11-9-14-16(10-11)7-6-15-4-2-12(8-13)3-5-15/h9-10,12H,2-7H2,1H3. The third kappa shape index (κ3) is 2.83. The fourth-order valence-electron chi connectivity index (χ4n) is 2.12. The van der Waals surface area contributed by atoms with E-state index in [1.54, 1.807) is 0 Å². The molecule has 4 heteroatoms. The van der Waals surface area contributed by atoms with E-state index in [1.165, 1.54) is 5.56 Å². The van der Waals surface area contributed by atoms with E-state index in [2.05, 4.69) is 29.2 Å². The normalized spacial score (nSPS) is 18.5. The number of rotatable bonds is 3. The van der Waals surface area contributed by atoms with E-state index in [1.807, 2.05) is 10.9 Å². The van der Waals surface area contributed by atoms with E-state index in [0.717, 1.165) is 39.0 Å². The lowest BCUT2D eigenvalue weighted by atomic mass is 9.99. The number of nitrogens with zero attached hydrogens (tertiary/aromatic N) is 4. The number of hydrogen-bond donors (Lipinski definition) is 0. The van der Waals surface area contributed by atoms with E-state index >= 15 is 0 Å². The smallest absolute Gasteiger partial charge is 0.0656 e. The Labute approximate surface area is 96.5 Å². The van der Waals surface area contributed by atoms with Crippen molar-refractivity contribution >= 4 is 0 Å². The van der Waals surface area contributed by atoms with E-state index < -0.39 is 0 Å². The Morgan fingerprint density at radius 1 is 1.44 bits per heavy atom. The van der Waals surface area contributed by atoms with Gasteiger partial charge in [-0.2, -0.15) is 10.4 Å². The molecule has 2 rings (SSSR count). The van der Waals surface area contributed by atoms with Gasteiger partial charge in [0, 0.05) is 18.7 Å². The predicted octanol–water partition coefficient (Wildman–Crippen LogP) is 1.43. The van der Waals surface area contributed by atoms with Gasteiger partial charge in [-0.3, -0.25) is 4.68 Å². The highest BCUT2D eigenvalue weighted by molar-refractivity contribution is 4.99. The van der Waals surface area contributed by atoms with Crippen LogP contribution in [0.15, 0.2) is 12.4 Å². The molecule has 1 fully saturated rings. The first kappa shape index (κ1) is 11.2. The summed E-state index contributed by atoms with van der Waals surface area (Å²) in [6.45, 7) is 6.16. The maximum Gasteiger partial charge on any atom is 0.0656 e. The highest BCUT2D eigenvalue weighted by atomic mass is 15.3. The largest absolute Gasteiger partial charge is 0.301 e. The van der Waals surface area contributed by atoms with E-state index in [4.69, 9.17) is 5.26 Å². The molecule has 2 heterocycles. The van der Waals surface area contributed by atoms with Gasteiger partial charge in [-0.15, -0.1) is 0 Å². The van der Waals surface area contributed by atoms with Crippen molar-refractivity contribution in [3.63, 3.8) is 0 Å². The summed E-state index contributed by atoms with van der Waals surface area (Å²) >= 11 is 0. The van der Waals surface area contributed by atoms with E-state index in [9.17, 15) is 0 Å². The average Bonchev–Trinajstić information content (AvgIpc) is 2.73. The summed E-state index contributed by atoms with van der Waals surface area (Å²) in [7, 11) is 0. The first-order chi connectivity index (χ1) is 7.78. The number of piperidine rings is 1. The fourth-order valence-corrected chi connectivity index (χ4v) is 2.12. The summed E-state index contributed by atoms with van der Waals surface area (Å²) in [6, 6.07) is 2.36. The van der Waals surface area contributed by atoms with Crippen LogP contribution < -0.4 is 0 Å². The van der Waals surface area contributed by atoms with Crippen molar-refractivity contribution in [3.05, 3.63) is 18.0 Å². The average molecular weight is 218 g/mol. The second-order valence-corrected chi connectivity index (χ2v) is 4.53. The quantitative estimate of drug-likeness (QED) is 0.771. The number of likely N-dealkylation sites (tertiary alicyclic amines) is 1. The molecule has 0 bridgehead atoms. The summed E-state index contributed by atoms with van der Waals surface area (Å²) in [5, 5.41) is 13.1. The maximum absolute atomic E-state index is 8.81. The summed E-state index contributed by atoms with van der Waals surface area (Å²) in [5.74, 6) is 0.281. The molecule has 1 aliphatic heterocycles. The molecule has 4 nitrogen and oxygen atoms in total. The molecule has 0 spiro atoms. The summed E-state index contributed by atoms with van der Waals surface area (Å²) in [6.07, 6.45) is 6.01. The molecule has 86 valence electrons. The Hall–Kier alpha value is -1.34. The summed E-state index contributed by atoms with van der Waals surface area (Å²) in [5.41, 5.74) is 1.21. The van der Waals surface area contributed by atoms with Crippen molar-refractivity contribution in [2.75, 3.05) is 19.6 Å². The molecule has 16 heavy (non-hydrogen) atoms. The molecule has 0 aromatic carbocycles. The number of hydrogen-bond acceptors (Lipinski definition) is 3. The number of aryl methyl sites for hydroxylation is 1. The Kier molecular flexibility index (Phi) is 3.58. The Morgan fingerprint density at radius 3 is 2.75 bits per heavy atom. The fraction of sp³-hybridized carbons (Fsp3) is 0.667. The van der Waals surface area contributed by atoms with Crippen LogP contribution in [0.3, 0.4) is 0 Å². The Morgan fingerprint density at radius 2 is 2.19 bits per heavy atom. The van der Waals surface area contributed by atoms with Crippen molar-refractivity contribution in [3.8, 4) is 6.07 Å². The van der Waals surface area contributed by atoms with Crippen LogP contribution in [-0.2, 0) is 6.54 Å². The van der Waals surface area contributed by atoms with Crippen LogP contribution in [0.25, 0.3) is 0 Å². The zero-order valence-corrected chi connectivity index (χ0v) is 9.76. The SMILES string of the molecule is Cc1cnn(CCN2CCC(C#N)CC2)c1. The van der Waals surface area contributed by atoms with Gasteiger partial charge in [-0.05, 0) is 38.4 Å². The molecule has 0 atom stereocenters. The van der Waals surface area contributed by atoms with Crippen molar-refractivity contribution in [2.45, 2.75) is 26.3 Å². The molecule has 0 N–H and O–H groups in total. The van der Waals surface area contributed by atoms with Crippen molar-refractivity contribution in [2.24, 2.45) is 5.92 Å². The minimum absolute atomic E-state index is 0.281. The Balaban J connectivity index is 1.74. The van der Waals surface area contributed by atoms with Gasteiger partial charge in [0.15, 0.2) is 0 Å². The molecule has 0 amide bonds. The van der Waals surface area contributed by atoms with Gasteiger partial charge in [0.1, 0.15) is 0 Å². The lowest BCUT2D eigenvalue weighted by molar-refractivity contribution is 0.196. The maximum atomic E-state index is 8.81. The molecule has 0 saturated carbocycles. The number of aromatic nitrogens is 2. The predicted molar refractivity (Wildman–Crippen MR) is 61.7 cm³/mol. The van der Waals surface area contributed by atoms with Crippen LogP contribution >= 0.6 is 0 Å². The van der Waals surface area contributed by atoms with Crippen LogP contribution in [0.1, 0.15) is 18.4 Å². The lowest BCUT2D eigenvalue weighted by Crippen LogP contribution is -2.35. The molecular weight excluding hydrogens is 200 g/mol. The van der Waals surface area contributed by atoms with Gasteiger partial charge < -0.3 is 4.90 Å². The van der Waals surface area contributed by atoms with Crippen LogP contribution in [-0.4, -0.2) is 34.3 Å². The van der Waals surface area contributed by atoms with Crippen LogP contribution in [0.5, 0.6) is 0 Å². The molecular formula is C12H18N4.